The fraction of sp³-hybridized carbons (Fsp3) is 0.432. The van der Waals surface area contributed by atoms with Gasteiger partial charge >= 0.3 is 0 Å². The van der Waals surface area contributed by atoms with Crippen molar-refractivity contribution in [2.45, 2.75) is 70.4 Å². The van der Waals surface area contributed by atoms with Gasteiger partial charge in [-0.3, -0.25) is 14.4 Å². The Morgan fingerprint density at radius 3 is 2.36 bits per heavy atom. The van der Waals surface area contributed by atoms with Gasteiger partial charge in [-0.1, -0.05) is 79.4 Å². The summed E-state index contributed by atoms with van der Waals surface area (Å²) in [5.41, 5.74) is 9.85. The minimum atomic E-state index is -0.214. The van der Waals surface area contributed by atoms with Crippen LogP contribution in [0.1, 0.15) is 79.4 Å². The highest BCUT2D eigenvalue weighted by Crippen LogP contribution is 2.33. The lowest BCUT2D eigenvalue weighted by atomic mass is 9.87. The number of hydrogen-bond acceptors (Lipinski definition) is 4. The summed E-state index contributed by atoms with van der Waals surface area (Å²) >= 11 is 6.12. The molecule has 5 rings (SSSR count). The number of benzene rings is 3. The zero-order valence-electron chi connectivity index (χ0n) is 26.2. The van der Waals surface area contributed by atoms with Crippen LogP contribution >= 0.6 is 11.6 Å². The summed E-state index contributed by atoms with van der Waals surface area (Å²) in [7, 11) is 0. The van der Waals surface area contributed by atoms with Crippen molar-refractivity contribution < 1.29 is 14.4 Å². The molecule has 0 radical (unpaired) electrons. The first-order valence-electron chi connectivity index (χ1n) is 16.4. The number of nitrogens with two attached hydrogens (primary N) is 1. The molecule has 45 heavy (non-hydrogen) atoms. The van der Waals surface area contributed by atoms with Gasteiger partial charge in [-0.25, -0.2) is 0 Å². The summed E-state index contributed by atoms with van der Waals surface area (Å²) < 4.78 is 0. The van der Waals surface area contributed by atoms with Gasteiger partial charge in [-0.2, -0.15) is 0 Å². The average Bonchev–Trinajstić information content (AvgIpc) is 3.08. The van der Waals surface area contributed by atoms with E-state index in [0.29, 0.717) is 42.7 Å². The van der Waals surface area contributed by atoms with E-state index in [1.54, 1.807) is 0 Å². The third-order valence-corrected chi connectivity index (χ3v) is 9.63. The molecule has 3 N–H and O–H groups in total. The predicted octanol–water partition coefficient (Wildman–Crippen LogP) is 6.40. The number of nitrogens with one attached hydrogen (secondary N) is 1. The number of carbonyl (C=O) groups excluding carboxylic acids is 3. The third-order valence-electron chi connectivity index (χ3n) is 9.38. The van der Waals surface area contributed by atoms with E-state index < -0.39 is 0 Å². The van der Waals surface area contributed by atoms with Crippen LogP contribution in [0.3, 0.4) is 0 Å². The molecule has 8 heteroatoms. The van der Waals surface area contributed by atoms with Crippen LogP contribution in [0.5, 0.6) is 0 Å². The van der Waals surface area contributed by atoms with Crippen LogP contribution in [0.2, 0.25) is 5.02 Å². The van der Waals surface area contributed by atoms with Crippen molar-refractivity contribution in [3.8, 4) is 11.1 Å². The summed E-state index contributed by atoms with van der Waals surface area (Å²) in [6, 6.07) is 22.9. The number of nitrogens with zero attached hydrogens (tertiary/aromatic N) is 2. The third kappa shape index (κ3) is 8.13. The van der Waals surface area contributed by atoms with Gasteiger partial charge in [0.15, 0.2) is 0 Å². The lowest BCUT2D eigenvalue weighted by molar-refractivity contribution is -0.141. The standard InChI is InChI=1S/C37H45ClN4O3/c1-26(29-10-7-11-30(25-29)33-12-5-6-13-34(33)36(44)40-21-20-39)42(35(43)24-27-14-16-31(38)17-15-27)32-18-22-41(23-19-32)37(45)28-8-3-2-4-9-28/h5-7,10-17,25-26,28,32H,2-4,8-9,18-24,39H2,1H3,(H,40,44). The number of amides is 3. The van der Waals surface area contributed by atoms with E-state index in [1.807, 2.05) is 70.5 Å². The monoisotopic (exact) mass is 628 g/mol. The topological polar surface area (TPSA) is 95.7 Å². The van der Waals surface area contributed by atoms with Gasteiger partial charge < -0.3 is 20.9 Å². The second-order valence-electron chi connectivity index (χ2n) is 12.4. The molecule has 1 unspecified atom stereocenters. The Balaban J connectivity index is 1.39. The van der Waals surface area contributed by atoms with E-state index in [2.05, 4.69) is 24.4 Å². The quantitative estimate of drug-likeness (QED) is 0.272. The van der Waals surface area contributed by atoms with Gasteiger partial charge in [-0.15, -0.1) is 0 Å². The van der Waals surface area contributed by atoms with Crippen LogP contribution in [0.15, 0.2) is 72.8 Å². The van der Waals surface area contributed by atoms with Crippen LogP contribution in [0, 0.1) is 5.92 Å². The SMILES string of the molecule is CC(c1cccc(-c2ccccc2C(=O)NCCN)c1)N(C(=O)Cc1ccc(Cl)cc1)C1CCN(C(=O)C2CCCCC2)CC1. The lowest BCUT2D eigenvalue weighted by Gasteiger charge is -2.42. The number of carbonyl (C=O) groups is 3. The summed E-state index contributed by atoms with van der Waals surface area (Å²) in [4.78, 5) is 44.4. The van der Waals surface area contributed by atoms with E-state index in [-0.39, 0.29) is 36.2 Å². The predicted molar refractivity (Wildman–Crippen MR) is 180 cm³/mol. The van der Waals surface area contributed by atoms with E-state index >= 15 is 0 Å². The van der Waals surface area contributed by atoms with Crippen molar-refractivity contribution in [1.29, 1.82) is 0 Å². The Morgan fingerprint density at radius 2 is 1.64 bits per heavy atom. The second-order valence-corrected chi connectivity index (χ2v) is 12.8. The number of hydrogen-bond donors (Lipinski definition) is 2. The molecule has 1 saturated carbocycles. The number of likely N-dealkylation sites (tertiary alicyclic amines) is 1. The molecule has 1 heterocycles. The molecule has 2 aliphatic rings. The van der Waals surface area contributed by atoms with Gasteiger partial charge in [0.25, 0.3) is 5.91 Å². The lowest BCUT2D eigenvalue weighted by Crippen LogP contribution is -2.51. The van der Waals surface area contributed by atoms with Gasteiger partial charge in [0.1, 0.15) is 0 Å². The second kappa shape index (κ2) is 15.5. The number of halogens is 1. The molecule has 0 spiro atoms. The van der Waals surface area contributed by atoms with Gasteiger partial charge in [0.05, 0.1) is 12.5 Å². The van der Waals surface area contributed by atoms with Crippen molar-refractivity contribution in [3.05, 3.63) is 94.5 Å². The minimum absolute atomic E-state index is 0.00758. The van der Waals surface area contributed by atoms with Gasteiger partial charge in [0, 0.05) is 48.7 Å². The summed E-state index contributed by atoms with van der Waals surface area (Å²) in [6.07, 6.45) is 7.26. The maximum atomic E-state index is 14.1. The maximum absolute atomic E-state index is 14.1. The Hall–Kier alpha value is -3.68. The molecular weight excluding hydrogens is 584 g/mol. The van der Waals surface area contributed by atoms with E-state index in [4.69, 9.17) is 17.3 Å². The molecule has 238 valence electrons. The minimum Gasteiger partial charge on any atom is -0.351 e. The van der Waals surface area contributed by atoms with Crippen LogP contribution in [-0.4, -0.2) is 59.7 Å². The molecule has 1 atom stereocenters. The molecule has 3 aromatic carbocycles. The number of piperidine rings is 1. The van der Waals surface area contributed by atoms with Crippen molar-refractivity contribution >= 4 is 29.3 Å². The van der Waals surface area contributed by atoms with Crippen molar-refractivity contribution in [2.75, 3.05) is 26.2 Å². The fourth-order valence-electron chi connectivity index (χ4n) is 6.92. The Bertz CT molecular complexity index is 1460. The van der Waals surface area contributed by atoms with Crippen LogP contribution in [0.4, 0.5) is 0 Å². The molecular formula is C37H45ClN4O3. The molecule has 0 bridgehead atoms. The van der Waals surface area contributed by atoms with E-state index in [0.717, 1.165) is 60.8 Å². The summed E-state index contributed by atoms with van der Waals surface area (Å²) in [5, 5.41) is 3.52. The fourth-order valence-corrected chi connectivity index (χ4v) is 7.04. The first-order valence-corrected chi connectivity index (χ1v) is 16.8. The van der Waals surface area contributed by atoms with Crippen molar-refractivity contribution in [1.82, 2.24) is 15.1 Å². The normalized spacial score (nSPS) is 16.6. The van der Waals surface area contributed by atoms with Crippen LogP contribution in [0.25, 0.3) is 11.1 Å². The average molecular weight is 629 g/mol. The molecule has 1 aliphatic carbocycles. The molecule has 1 saturated heterocycles. The van der Waals surface area contributed by atoms with Crippen LogP contribution < -0.4 is 11.1 Å². The molecule has 0 aromatic heterocycles. The highest BCUT2D eigenvalue weighted by molar-refractivity contribution is 6.30. The largest absolute Gasteiger partial charge is 0.351 e. The Kier molecular flexibility index (Phi) is 11.3. The van der Waals surface area contributed by atoms with E-state index in [1.165, 1.54) is 6.42 Å². The zero-order chi connectivity index (χ0) is 31.8. The van der Waals surface area contributed by atoms with Crippen molar-refractivity contribution in [3.63, 3.8) is 0 Å². The maximum Gasteiger partial charge on any atom is 0.251 e. The first-order chi connectivity index (χ1) is 21.9. The van der Waals surface area contributed by atoms with Crippen molar-refractivity contribution in [2.24, 2.45) is 11.7 Å². The zero-order valence-corrected chi connectivity index (χ0v) is 27.0. The summed E-state index contributed by atoms with van der Waals surface area (Å²) in [6.45, 7) is 4.19. The Morgan fingerprint density at radius 1 is 0.933 bits per heavy atom. The molecule has 7 nitrogen and oxygen atoms in total. The Labute approximate surface area is 272 Å². The first kappa shape index (κ1) is 32.7. The highest BCUT2D eigenvalue weighted by Gasteiger charge is 2.35. The molecule has 3 aromatic rings. The number of rotatable bonds is 10. The highest BCUT2D eigenvalue weighted by atomic mass is 35.5. The van der Waals surface area contributed by atoms with Gasteiger partial charge in [0.2, 0.25) is 11.8 Å². The van der Waals surface area contributed by atoms with E-state index in [9.17, 15) is 14.4 Å². The van der Waals surface area contributed by atoms with Gasteiger partial charge in [-0.05, 0) is 79.1 Å². The van der Waals surface area contributed by atoms with Crippen LogP contribution in [-0.2, 0) is 16.0 Å². The molecule has 3 amide bonds. The molecule has 1 aliphatic heterocycles. The molecule has 2 fully saturated rings. The smallest absolute Gasteiger partial charge is 0.251 e. The summed E-state index contributed by atoms with van der Waals surface area (Å²) in [5.74, 6) is 0.333.